The van der Waals surface area contributed by atoms with Crippen LogP contribution in [0.25, 0.3) is 0 Å². The fourth-order valence-corrected chi connectivity index (χ4v) is 1.59. The highest BCUT2D eigenvalue weighted by atomic mass is 32.1. The van der Waals surface area contributed by atoms with Crippen molar-refractivity contribution in [2.75, 3.05) is 12.3 Å². The largest absolute Gasteiger partial charge is 0.463 e. The lowest BCUT2D eigenvalue weighted by molar-refractivity contribution is -0.273. The lowest BCUT2D eigenvalue weighted by Gasteiger charge is -2.27. The molecule has 1 amide bonds. The van der Waals surface area contributed by atoms with Crippen molar-refractivity contribution in [2.24, 2.45) is 0 Å². The standard InChI is InChI=1S/C11H14F3NO3S/c1-7-2-3-8(18-7)10(17,11(12,13)14)6-9(16)15-4-5-19/h2-3,17,19H,4-6H2,1H3,(H,15,16). The predicted octanol–water partition coefficient (Wildman–Crippen LogP) is 1.77. The van der Waals surface area contributed by atoms with E-state index in [4.69, 9.17) is 4.42 Å². The first-order chi connectivity index (χ1) is 8.70. The quantitative estimate of drug-likeness (QED) is 0.726. The maximum atomic E-state index is 13.0. The van der Waals surface area contributed by atoms with E-state index in [-0.39, 0.29) is 18.1 Å². The molecule has 2 N–H and O–H groups in total. The Balaban J connectivity index is 2.98. The highest BCUT2D eigenvalue weighted by Gasteiger charge is 2.58. The van der Waals surface area contributed by atoms with Gasteiger partial charge >= 0.3 is 6.18 Å². The molecule has 1 atom stereocenters. The van der Waals surface area contributed by atoms with Gasteiger partial charge in [-0.15, -0.1) is 0 Å². The summed E-state index contributed by atoms with van der Waals surface area (Å²) in [6.07, 6.45) is -6.17. The zero-order valence-electron chi connectivity index (χ0n) is 10.1. The van der Waals surface area contributed by atoms with Crippen LogP contribution in [0.1, 0.15) is 17.9 Å². The van der Waals surface area contributed by atoms with Crippen molar-refractivity contribution in [1.82, 2.24) is 5.32 Å². The highest BCUT2D eigenvalue weighted by Crippen LogP contribution is 2.42. The average molecular weight is 297 g/mol. The highest BCUT2D eigenvalue weighted by molar-refractivity contribution is 7.80. The van der Waals surface area contributed by atoms with E-state index in [1.807, 2.05) is 0 Å². The molecule has 0 aliphatic rings. The van der Waals surface area contributed by atoms with Crippen molar-refractivity contribution in [3.63, 3.8) is 0 Å². The Hall–Kier alpha value is -1.15. The van der Waals surface area contributed by atoms with Crippen molar-refractivity contribution >= 4 is 18.5 Å². The maximum Gasteiger partial charge on any atom is 0.425 e. The van der Waals surface area contributed by atoms with Crippen molar-refractivity contribution in [3.8, 4) is 0 Å². The van der Waals surface area contributed by atoms with Gasteiger partial charge in [0.05, 0.1) is 6.42 Å². The smallest absolute Gasteiger partial charge is 0.425 e. The van der Waals surface area contributed by atoms with E-state index >= 15 is 0 Å². The summed E-state index contributed by atoms with van der Waals surface area (Å²) in [7, 11) is 0. The molecule has 0 spiro atoms. The minimum absolute atomic E-state index is 0.118. The molecule has 0 saturated heterocycles. The molecule has 0 bridgehead atoms. The number of alkyl halides is 3. The van der Waals surface area contributed by atoms with Crippen LogP contribution in [0.15, 0.2) is 16.5 Å². The van der Waals surface area contributed by atoms with Crippen LogP contribution >= 0.6 is 12.6 Å². The van der Waals surface area contributed by atoms with Crippen LogP contribution in [0.4, 0.5) is 13.2 Å². The number of furan rings is 1. The molecule has 1 aromatic heterocycles. The number of amides is 1. The molecule has 0 radical (unpaired) electrons. The number of rotatable bonds is 5. The van der Waals surface area contributed by atoms with Gasteiger partial charge in [-0.2, -0.15) is 25.8 Å². The zero-order valence-corrected chi connectivity index (χ0v) is 11.0. The van der Waals surface area contributed by atoms with E-state index in [1.165, 1.54) is 13.0 Å². The summed E-state index contributed by atoms with van der Waals surface area (Å²) in [5.41, 5.74) is -3.33. The SMILES string of the molecule is Cc1ccc(C(O)(CC(=O)NCCS)C(F)(F)F)o1. The van der Waals surface area contributed by atoms with Crippen molar-refractivity contribution in [2.45, 2.75) is 25.1 Å². The van der Waals surface area contributed by atoms with E-state index in [0.717, 1.165) is 6.07 Å². The minimum atomic E-state index is -5.02. The first-order valence-corrected chi connectivity index (χ1v) is 6.07. The monoisotopic (exact) mass is 297 g/mol. The summed E-state index contributed by atoms with van der Waals surface area (Å²) in [5, 5.41) is 12.0. The normalized spacial score (nSPS) is 15.1. The van der Waals surface area contributed by atoms with Crippen molar-refractivity contribution in [1.29, 1.82) is 0 Å². The first kappa shape index (κ1) is 15.9. The van der Waals surface area contributed by atoms with Crippen LogP contribution in [-0.4, -0.2) is 29.5 Å². The molecule has 0 aliphatic heterocycles. The topological polar surface area (TPSA) is 62.5 Å². The molecule has 0 fully saturated rings. The van der Waals surface area contributed by atoms with Crippen LogP contribution in [0.5, 0.6) is 0 Å². The second-order valence-corrected chi connectivity index (χ2v) is 4.47. The van der Waals surface area contributed by atoms with Gasteiger partial charge in [-0.05, 0) is 19.1 Å². The number of carbonyl (C=O) groups excluding carboxylic acids is 1. The van der Waals surface area contributed by atoms with Gasteiger partial charge in [-0.25, -0.2) is 0 Å². The molecule has 108 valence electrons. The Morgan fingerprint density at radius 3 is 2.53 bits per heavy atom. The van der Waals surface area contributed by atoms with E-state index in [9.17, 15) is 23.1 Å². The Labute approximate surface area is 113 Å². The van der Waals surface area contributed by atoms with Gasteiger partial charge < -0.3 is 14.8 Å². The van der Waals surface area contributed by atoms with E-state index in [1.54, 1.807) is 0 Å². The second kappa shape index (κ2) is 5.87. The molecule has 0 saturated carbocycles. The summed E-state index contributed by atoms with van der Waals surface area (Å²) < 4.78 is 43.7. The van der Waals surface area contributed by atoms with Crippen LogP contribution < -0.4 is 5.32 Å². The third kappa shape index (κ3) is 3.66. The number of carbonyl (C=O) groups is 1. The summed E-state index contributed by atoms with van der Waals surface area (Å²) >= 11 is 3.82. The van der Waals surface area contributed by atoms with Gasteiger partial charge in [-0.1, -0.05) is 0 Å². The number of aryl methyl sites for hydroxylation is 1. The van der Waals surface area contributed by atoms with Crippen molar-refractivity contribution in [3.05, 3.63) is 23.7 Å². The number of aliphatic hydroxyl groups is 1. The van der Waals surface area contributed by atoms with Crippen LogP contribution in [0, 0.1) is 6.92 Å². The average Bonchev–Trinajstić information content (AvgIpc) is 2.72. The van der Waals surface area contributed by atoms with Crippen molar-refractivity contribution < 1.29 is 27.5 Å². The van der Waals surface area contributed by atoms with Gasteiger partial charge in [0.25, 0.3) is 0 Å². The Bertz CT molecular complexity index is 447. The Morgan fingerprint density at radius 2 is 2.11 bits per heavy atom. The molecular formula is C11H14F3NO3S. The molecule has 0 aliphatic carbocycles. The molecule has 19 heavy (non-hydrogen) atoms. The maximum absolute atomic E-state index is 13.0. The fraction of sp³-hybridized carbons (Fsp3) is 0.545. The molecule has 4 nitrogen and oxygen atoms in total. The van der Waals surface area contributed by atoms with E-state index in [2.05, 4.69) is 17.9 Å². The van der Waals surface area contributed by atoms with Crippen LogP contribution in [0.2, 0.25) is 0 Å². The molecule has 1 aromatic rings. The summed E-state index contributed by atoms with van der Waals surface area (Å²) in [4.78, 5) is 11.4. The summed E-state index contributed by atoms with van der Waals surface area (Å²) in [6.45, 7) is 1.56. The number of hydrogen-bond acceptors (Lipinski definition) is 4. The molecule has 1 heterocycles. The third-order valence-corrected chi connectivity index (χ3v) is 2.69. The van der Waals surface area contributed by atoms with Crippen LogP contribution in [-0.2, 0) is 10.4 Å². The summed E-state index contributed by atoms with van der Waals surface area (Å²) in [5.74, 6) is -1.12. The molecule has 1 rings (SSSR count). The number of thiol groups is 1. The predicted molar refractivity (Wildman–Crippen MR) is 64.9 cm³/mol. The molecule has 1 unspecified atom stereocenters. The van der Waals surface area contributed by atoms with Gasteiger partial charge in [0, 0.05) is 12.3 Å². The molecular weight excluding hydrogens is 283 g/mol. The number of hydrogen-bond donors (Lipinski definition) is 3. The third-order valence-electron chi connectivity index (χ3n) is 2.47. The first-order valence-electron chi connectivity index (χ1n) is 5.44. The number of nitrogens with one attached hydrogen (secondary N) is 1. The summed E-state index contributed by atoms with van der Waals surface area (Å²) in [6, 6.07) is 2.30. The molecule has 0 aromatic carbocycles. The van der Waals surface area contributed by atoms with E-state index in [0.29, 0.717) is 0 Å². The second-order valence-electron chi connectivity index (χ2n) is 4.02. The Morgan fingerprint density at radius 1 is 1.47 bits per heavy atom. The number of halogens is 3. The zero-order chi connectivity index (χ0) is 14.7. The lowest BCUT2D eigenvalue weighted by Crippen LogP contribution is -2.46. The van der Waals surface area contributed by atoms with Gasteiger partial charge in [0.2, 0.25) is 11.5 Å². The Kier molecular flexibility index (Phi) is 4.92. The fourth-order valence-electron chi connectivity index (χ4n) is 1.47. The van der Waals surface area contributed by atoms with Gasteiger partial charge in [0.15, 0.2) is 0 Å². The van der Waals surface area contributed by atoms with Crippen LogP contribution in [0.3, 0.4) is 0 Å². The molecule has 8 heteroatoms. The van der Waals surface area contributed by atoms with E-state index < -0.39 is 29.9 Å². The minimum Gasteiger partial charge on any atom is -0.463 e. The lowest BCUT2D eigenvalue weighted by atomic mass is 9.95. The van der Waals surface area contributed by atoms with Gasteiger partial charge in [-0.3, -0.25) is 4.79 Å². The van der Waals surface area contributed by atoms with Gasteiger partial charge in [0.1, 0.15) is 11.5 Å².